The number of hydrogen-bond donors (Lipinski definition) is 2. The summed E-state index contributed by atoms with van der Waals surface area (Å²) in [5.74, 6) is 0.922. The van der Waals surface area contributed by atoms with Crippen molar-refractivity contribution in [2.75, 3.05) is 0 Å². The molecule has 0 atom stereocenters. The summed E-state index contributed by atoms with van der Waals surface area (Å²) >= 11 is 0. The summed E-state index contributed by atoms with van der Waals surface area (Å²) in [5.41, 5.74) is 3.71. The molecular formula is C17H15N7O. The highest BCUT2D eigenvalue weighted by Gasteiger charge is 2.10. The molecule has 3 heterocycles. The van der Waals surface area contributed by atoms with Gasteiger partial charge in [0.2, 0.25) is 5.82 Å². The van der Waals surface area contributed by atoms with Crippen molar-refractivity contribution in [2.24, 2.45) is 0 Å². The number of pyridine rings is 1. The summed E-state index contributed by atoms with van der Waals surface area (Å²) in [7, 11) is 0. The number of H-pyrrole nitrogens is 2. The molecule has 4 rings (SSSR count). The molecule has 0 amide bonds. The Morgan fingerprint density at radius 3 is 2.72 bits per heavy atom. The van der Waals surface area contributed by atoms with Crippen molar-refractivity contribution in [1.29, 1.82) is 0 Å². The Morgan fingerprint density at radius 1 is 1.12 bits per heavy atom. The zero-order valence-corrected chi connectivity index (χ0v) is 13.5. The van der Waals surface area contributed by atoms with E-state index in [0.717, 1.165) is 16.8 Å². The Hall–Kier alpha value is -3.55. The maximum absolute atomic E-state index is 12.3. The Morgan fingerprint density at radius 2 is 1.96 bits per heavy atom. The van der Waals surface area contributed by atoms with Crippen LogP contribution in [0.25, 0.3) is 17.2 Å². The molecule has 3 aromatic heterocycles. The molecular weight excluding hydrogens is 318 g/mol. The van der Waals surface area contributed by atoms with Crippen LogP contribution < -0.4 is 5.56 Å². The van der Waals surface area contributed by atoms with Gasteiger partial charge in [0.15, 0.2) is 5.82 Å². The van der Waals surface area contributed by atoms with Crippen LogP contribution in [0, 0.1) is 6.92 Å². The van der Waals surface area contributed by atoms with Gasteiger partial charge in [-0.1, -0.05) is 29.8 Å². The van der Waals surface area contributed by atoms with Crippen molar-refractivity contribution in [3.8, 4) is 17.2 Å². The van der Waals surface area contributed by atoms with E-state index in [4.69, 9.17) is 0 Å². The summed E-state index contributed by atoms with van der Waals surface area (Å²) in [6.07, 6.45) is 2.25. The number of benzene rings is 1. The number of aryl methyl sites for hydroxylation is 1. The Labute approximate surface area is 142 Å². The molecule has 0 aliphatic heterocycles. The van der Waals surface area contributed by atoms with E-state index in [1.165, 1.54) is 10.2 Å². The van der Waals surface area contributed by atoms with Gasteiger partial charge < -0.3 is 0 Å². The number of hydrogen-bond acceptors (Lipinski definition) is 5. The van der Waals surface area contributed by atoms with Crippen LogP contribution >= 0.6 is 0 Å². The van der Waals surface area contributed by atoms with Gasteiger partial charge in [0.05, 0.1) is 0 Å². The summed E-state index contributed by atoms with van der Waals surface area (Å²) in [5, 5.41) is 16.9. The first kappa shape index (κ1) is 15.0. The van der Waals surface area contributed by atoms with E-state index in [1.54, 1.807) is 24.4 Å². The van der Waals surface area contributed by atoms with E-state index >= 15 is 0 Å². The van der Waals surface area contributed by atoms with Crippen molar-refractivity contribution in [3.05, 3.63) is 75.8 Å². The number of aromatic nitrogens is 7. The number of tetrazole rings is 1. The van der Waals surface area contributed by atoms with Crippen LogP contribution in [0.3, 0.4) is 0 Å². The van der Waals surface area contributed by atoms with E-state index in [2.05, 4.69) is 55.0 Å². The standard InChI is InChI=1S/C17H15N7O/c1-11-2-4-12(5-3-11)8-14-10-16(25)24(21-14)15-9-13(6-7-18-15)17-19-22-23-20-17/h2-7,9-10,21H,8H2,1H3,(H,19,20,22,23). The fraction of sp³-hybridized carbons (Fsp3) is 0.118. The Kier molecular flexibility index (Phi) is 3.70. The summed E-state index contributed by atoms with van der Waals surface area (Å²) in [6.45, 7) is 2.05. The highest BCUT2D eigenvalue weighted by atomic mass is 16.1. The van der Waals surface area contributed by atoms with Gasteiger partial charge in [0.25, 0.3) is 5.56 Å². The summed E-state index contributed by atoms with van der Waals surface area (Å²) in [4.78, 5) is 16.6. The van der Waals surface area contributed by atoms with E-state index < -0.39 is 0 Å². The quantitative estimate of drug-likeness (QED) is 0.591. The van der Waals surface area contributed by atoms with Gasteiger partial charge in [-0.15, -0.1) is 10.2 Å². The van der Waals surface area contributed by atoms with Crippen LogP contribution in [-0.2, 0) is 6.42 Å². The van der Waals surface area contributed by atoms with Crippen molar-refractivity contribution in [1.82, 2.24) is 35.4 Å². The molecule has 0 unspecified atom stereocenters. The zero-order valence-electron chi connectivity index (χ0n) is 13.5. The summed E-state index contributed by atoms with van der Waals surface area (Å²) < 4.78 is 1.41. The molecule has 1 aromatic carbocycles. The highest BCUT2D eigenvalue weighted by molar-refractivity contribution is 5.55. The molecule has 0 fully saturated rings. The number of rotatable bonds is 4. The second-order valence-electron chi connectivity index (χ2n) is 5.76. The van der Waals surface area contributed by atoms with Crippen molar-refractivity contribution in [2.45, 2.75) is 13.3 Å². The fourth-order valence-corrected chi connectivity index (χ4v) is 2.60. The van der Waals surface area contributed by atoms with Crippen molar-refractivity contribution in [3.63, 3.8) is 0 Å². The van der Waals surface area contributed by atoms with Gasteiger partial charge >= 0.3 is 0 Å². The largest absolute Gasteiger partial charge is 0.293 e. The minimum atomic E-state index is -0.167. The molecule has 25 heavy (non-hydrogen) atoms. The molecule has 0 bridgehead atoms. The number of aromatic amines is 2. The van der Waals surface area contributed by atoms with Crippen molar-refractivity contribution >= 4 is 0 Å². The first-order valence-corrected chi connectivity index (χ1v) is 7.76. The first-order chi connectivity index (χ1) is 12.2. The molecule has 4 aromatic rings. The molecule has 8 nitrogen and oxygen atoms in total. The maximum atomic E-state index is 12.3. The van der Waals surface area contributed by atoms with Crippen LogP contribution in [0.5, 0.6) is 0 Å². The van der Waals surface area contributed by atoms with Crippen LogP contribution in [-0.4, -0.2) is 35.4 Å². The number of nitrogens with one attached hydrogen (secondary N) is 2. The van der Waals surface area contributed by atoms with Crippen LogP contribution in [0.2, 0.25) is 0 Å². The topological polar surface area (TPSA) is 105 Å². The average Bonchev–Trinajstić information content (AvgIpc) is 3.27. The van der Waals surface area contributed by atoms with Gasteiger partial charge in [-0.25, -0.2) is 9.67 Å². The van der Waals surface area contributed by atoms with Gasteiger partial charge in [0.1, 0.15) is 0 Å². The fourth-order valence-electron chi connectivity index (χ4n) is 2.60. The normalized spacial score (nSPS) is 10.9. The van der Waals surface area contributed by atoms with Gasteiger partial charge in [-0.2, -0.15) is 5.21 Å². The third-order valence-corrected chi connectivity index (χ3v) is 3.87. The molecule has 0 aliphatic carbocycles. The molecule has 124 valence electrons. The predicted octanol–water partition coefficient (Wildman–Crippen LogP) is 1.64. The Balaban J connectivity index is 1.65. The van der Waals surface area contributed by atoms with Crippen molar-refractivity contribution < 1.29 is 0 Å². The van der Waals surface area contributed by atoms with E-state index in [-0.39, 0.29) is 5.56 Å². The predicted molar refractivity (Wildman–Crippen MR) is 91.3 cm³/mol. The molecule has 2 N–H and O–H groups in total. The minimum absolute atomic E-state index is 0.167. The SMILES string of the molecule is Cc1ccc(Cc2cc(=O)n(-c3cc(-c4nn[nH]n4)ccn3)[nH]2)cc1. The van der Waals surface area contributed by atoms with Gasteiger partial charge in [-0.05, 0) is 29.8 Å². The average molecular weight is 333 g/mol. The lowest BCUT2D eigenvalue weighted by molar-refractivity contribution is 0.798. The first-order valence-electron chi connectivity index (χ1n) is 7.76. The maximum Gasteiger partial charge on any atom is 0.272 e. The lowest BCUT2D eigenvalue weighted by Crippen LogP contribution is -2.14. The molecule has 0 radical (unpaired) electrons. The number of nitrogens with zero attached hydrogens (tertiary/aromatic N) is 5. The lowest BCUT2D eigenvalue weighted by atomic mass is 10.1. The molecule has 0 spiro atoms. The van der Waals surface area contributed by atoms with E-state index in [0.29, 0.717) is 18.1 Å². The van der Waals surface area contributed by atoms with Gasteiger partial charge in [0, 0.05) is 29.9 Å². The van der Waals surface area contributed by atoms with E-state index in [9.17, 15) is 4.79 Å². The monoisotopic (exact) mass is 333 g/mol. The highest BCUT2D eigenvalue weighted by Crippen LogP contribution is 2.15. The smallest absolute Gasteiger partial charge is 0.272 e. The van der Waals surface area contributed by atoms with Crippen LogP contribution in [0.4, 0.5) is 0 Å². The Bertz CT molecular complexity index is 1050. The lowest BCUT2D eigenvalue weighted by Gasteiger charge is -2.03. The second-order valence-corrected chi connectivity index (χ2v) is 5.76. The third kappa shape index (κ3) is 3.09. The second kappa shape index (κ2) is 6.16. The molecule has 0 saturated heterocycles. The summed E-state index contributed by atoms with van der Waals surface area (Å²) in [6, 6.07) is 13.3. The molecule has 0 saturated carbocycles. The minimum Gasteiger partial charge on any atom is -0.293 e. The van der Waals surface area contributed by atoms with Crippen LogP contribution in [0.1, 0.15) is 16.8 Å². The van der Waals surface area contributed by atoms with Gasteiger partial charge in [-0.3, -0.25) is 9.89 Å². The molecule has 0 aliphatic rings. The van der Waals surface area contributed by atoms with E-state index in [1.807, 2.05) is 6.92 Å². The molecule has 8 heteroatoms. The third-order valence-electron chi connectivity index (χ3n) is 3.87. The van der Waals surface area contributed by atoms with Crippen LogP contribution in [0.15, 0.2) is 53.5 Å². The zero-order chi connectivity index (χ0) is 17.2.